The van der Waals surface area contributed by atoms with Crippen LogP contribution in [0.5, 0.6) is 0 Å². The Morgan fingerprint density at radius 3 is 1.42 bits per heavy atom. The number of ether oxygens (including phenoxy) is 6. The van der Waals surface area contributed by atoms with Crippen molar-refractivity contribution in [3.8, 4) is 0 Å². The average molecular weight is 1050 g/mol. The van der Waals surface area contributed by atoms with Gasteiger partial charge >= 0.3 is 27.7 Å². The van der Waals surface area contributed by atoms with Crippen LogP contribution >= 0.6 is 15.6 Å². The van der Waals surface area contributed by atoms with Gasteiger partial charge in [0, 0.05) is 13.1 Å². The van der Waals surface area contributed by atoms with Gasteiger partial charge < -0.3 is 48.8 Å². The summed E-state index contributed by atoms with van der Waals surface area (Å²) in [6.45, 7) is 2.83. The van der Waals surface area contributed by atoms with E-state index in [1.807, 2.05) is 60.7 Å². The second-order valence-electron chi connectivity index (χ2n) is 16.5. The van der Waals surface area contributed by atoms with Crippen molar-refractivity contribution in [2.45, 2.75) is 75.5 Å². The summed E-state index contributed by atoms with van der Waals surface area (Å²) >= 11 is 0. The fourth-order valence-corrected chi connectivity index (χ4v) is 10.6. The van der Waals surface area contributed by atoms with Gasteiger partial charge in [0.2, 0.25) is 0 Å². The third kappa shape index (κ3) is 11.2. The monoisotopic (exact) mass is 1050 g/mol. The predicted molar refractivity (Wildman–Crippen MR) is 255 cm³/mol. The van der Waals surface area contributed by atoms with E-state index in [1.165, 1.54) is 34.4 Å². The minimum atomic E-state index is -5.43. The van der Waals surface area contributed by atoms with Gasteiger partial charge in [-0.3, -0.25) is 28.8 Å². The molecule has 2 unspecified atom stereocenters. The normalized spacial score (nSPS) is 27.3. The molecule has 0 saturated carbocycles. The Balaban J connectivity index is 0.830. The molecular formula is C44H48N12O15P2. The molecule has 12 atom stereocenters. The highest BCUT2D eigenvalue weighted by molar-refractivity contribution is 7.61. The van der Waals surface area contributed by atoms with Crippen LogP contribution in [0, 0.1) is 0 Å². The molecule has 4 aliphatic heterocycles. The Morgan fingerprint density at radius 1 is 0.603 bits per heavy atom. The number of amides is 4. The maximum atomic E-state index is 13.5. The van der Waals surface area contributed by atoms with Crippen molar-refractivity contribution >= 4 is 73.8 Å². The molecule has 4 aromatic heterocycles. The van der Waals surface area contributed by atoms with E-state index in [2.05, 4.69) is 51.2 Å². The largest absolute Gasteiger partial charge is 0.481 e. The van der Waals surface area contributed by atoms with Crippen LogP contribution in [-0.4, -0.2) is 136 Å². The summed E-state index contributed by atoms with van der Waals surface area (Å²) in [7, 11) is -10.9. The van der Waals surface area contributed by atoms with Gasteiger partial charge in [-0.05, 0) is 37.1 Å². The smallest absolute Gasteiger partial charge is 0.347 e. The first kappa shape index (κ1) is 50.1. The summed E-state index contributed by atoms with van der Waals surface area (Å²) in [5.74, 6) is 0.246. The lowest BCUT2D eigenvalue weighted by molar-refractivity contribution is -0.133. The minimum Gasteiger partial charge on any atom is -0.347 e. The molecule has 10 rings (SSSR count). The Morgan fingerprint density at radius 2 is 1.01 bits per heavy atom. The molecule has 4 amide bonds. The summed E-state index contributed by atoms with van der Waals surface area (Å²) in [5.41, 5.74) is 2.69. The van der Waals surface area contributed by atoms with Gasteiger partial charge in [0.1, 0.15) is 49.3 Å². The number of anilines is 2. The molecule has 27 nitrogen and oxygen atoms in total. The van der Waals surface area contributed by atoms with Crippen LogP contribution in [0.2, 0.25) is 0 Å². The van der Waals surface area contributed by atoms with Crippen molar-refractivity contribution in [2.24, 2.45) is 0 Å². The molecule has 73 heavy (non-hydrogen) atoms. The number of hydrogen-bond acceptors (Lipinski definition) is 19. The molecule has 4 fully saturated rings. The molecule has 6 aromatic rings. The van der Waals surface area contributed by atoms with E-state index >= 15 is 0 Å². The zero-order valence-corrected chi connectivity index (χ0v) is 40.5. The first-order chi connectivity index (χ1) is 35.3. The molecule has 6 N–H and O–H groups in total. The van der Waals surface area contributed by atoms with Crippen molar-refractivity contribution in [3.63, 3.8) is 0 Å². The van der Waals surface area contributed by atoms with Crippen molar-refractivity contribution in [1.82, 2.24) is 49.7 Å². The van der Waals surface area contributed by atoms with Gasteiger partial charge in [-0.25, -0.2) is 48.6 Å². The molecule has 384 valence electrons. The van der Waals surface area contributed by atoms with Crippen LogP contribution in [-0.2, 0) is 50.9 Å². The van der Waals surface area contributed by atoms with E-state index in [-0.39, 0.29) is 34.0 Å². The van der Waals surface area contributed by atoms with E-state index in [4.69, 9.17) is 41.8 Å². The molecule has 0 radical (unpaired) electrons. The number of phosphoric acid groups is 2. The van der Waals surface area contributed by atoms with Crippen molar-refractivity contribution in [2.75, 3.05) is 36.9 Å². The fraction of sp³-hybridized carbons (Fsp3) is 0.364. The quantitative estimate of drug-likeness (QED) is 0.0638. The van der Waals surface area contributed by atoms with E-state index in [0.29, 0.717) is 13.1 Å². The van der Waals surface area contributed by atoms with Crippen LogP contribution in [0.1, 0.15) is 37.4 Å². The Labute approximate surface area is 414 Å². The summed E-state index contributed by atoms with van der Waals surface area (Å²) < 4.78 is 83.1. The molecule has 0 bridgehead atoms. The first-order valence-corrected chi connectivity index (χ1v) is 25.8. The Kier molecular flexibility index (Phi) is 14.8. The summed E-state index contributed by atoms with van der Waals surface area (Å²) in [6, 6.07) is 17.8. The van der Waals surface area contributed by atoms with Crippen molar-refractivity contribution in [1.29, 1.82) is 0 Å². The van der Waals surface area contributed by atoms with Gasteiger partial charge in [0.25, 0.3) is 0 Å². The summed E-state index contributed by atoms with van der Waals surface area (Å²) in [6.07, 6.45) is 2.42. The van der Waals surface area contributed by atoms with Crippen LogP contribution in [0.3, 0.4) is 0 Å². The fourth-order valence-electron chi connectivity index (χ4n) is 8.52. The number of carbonyl (C=O) groups is 2. The number of nitrogens with zero attached hydrogens (tertiary/aromatic N) is 8. The Bertz CT molecular complexity index is 2890. The SMILES string of the molecule is CCNC(=O)Nc1ncnc2c1ncn2[C@@H]1O[C@H](COP(=O)(O)OP(=O)(O)OC[C@H]2O[C@@H](n3cnc4c(NC(=O)NCC)ncnc43)[C@@H]3O[C@@H](/C=C/c4ccccc4)O[C@@H]32)[C@H]2O[C@H](/C=C/c3ccccc3)O[C@H]21. The topological polar surface area (TPSA) is 327 Å². The van der Waals surface area contributed by atoms with Crippen LogP contribution in [0.4, 0.5) is 21.2 Å². The number of fused-ring (bicyclic) bond motifs is 4. The maximum absolute atomic E-state index is 13.5. The number of carbonyl (C=O) groups excluding carboxylic acids is 2. The first-order valence-electron chi connectivity index (χ1n) is 22.9. The number of nitrogens with one attached hydrogen (secondary N) is 4. The van der Waals surface area contributed by atoms with Gasteiger partial charge in [-0.1, -0.05) is 72.8 Å². The lowest BCUT2D eigenvalue weighted by atomic mass is 10.1. The Hall–Kier alpha value is -6.42. The van der Waals surface area contributed by atoms with Crippen molar-refractivity contribution < 1.29 is 70.3 Å². The second kappa shape index (κ2) is 21.6. The van der Waals surface area contributed by atoms with Gasteiger partial charge in [-0.15, -0.1) is 0 Å². The van der Waals surface area contributed by atoms with Gasteiger partial charge in [0.15, 0.2) is 59.0 Å². The maximum Gasteiger partial charge on any atom is 0.481 e. The van der Waals surface area contributed by atoms with E-state index in [1.54, 1.807) is 38.2 Å². The lowest BCUT2D eigenvalue weighted by Crippen LogP contribution is -2.32. The number of imidazole rings is 2. The summed E-state index contributed by atoms with van der Waals surface area (Å²) in [4.78, 5) is 72.4. The van der Waals surface area contributed by atoms with Crippen LogP contribution < -0.4 is 21.3 Å². The predicted octanol–water partition coefficient (Wildman–Crippen LogP) is 4.64. The number of aromatic nitrogens is 8. The number of phosphoric ester groups is 2. The van der Waals surface area contributed by atoms with E-state index < -0.39 is 103 Å². The molecular weight excluding hydrogens is 999 g/mol. The highest BCUT2D eigenvalue weighted by Gasteiger charge is 2.56. The molecule has 29 heteroatoms. The highest BCUT2D eigenvalue weighted by atomic mass is 31.3. The molecule has 4 aliphatic rings. The second-order valence-corrected chi connectivity index (χ2v) is 19.5. The number of benzene rings is 2. The van der Waals surface area contributed by atoms with E-state index in [9.17, 15) is 28.5 Å². The molecule has 4 saturated heterocycles. The zero-order valence-electron chi connectivity index (χ0n) is 38.7. The number of hydrogen-bond donors (Lipinski definition) is 6. The van der Waals surface area contributed by atoms with Crippen LogP contribution in [0.15, 0.2) is 98.1 Å². The number of urea groups is 2. The number of rotatable bonds is 18. The molecule has 2 aromatic carbocycles. The standard InChI is InChI=1S/C44H48N12O15P2/c1-3-45-43(57)53-37-31-39(49-21-47-37)55(23-51-31)41-35-33(67-29(69-35)17-15-25-11-7-5-8-12-25)27(65-41)19-63-72(59,60)71-73(61,62)64-20-28-34-36(70-30(68-34)18-16-26-13-9-6-10-14-26)42(66-28)56-24-52-32-38(48-22-50-40(32)56)54-44(58)46-4-2/h5-18,21-24,27-30,33-36,41-42H,3-4,19-20H2,1-2H3,(H,59,60)(H,61,62)(H2,45,47,49,53,57)(H2,46,48,50,54,58)/b17-15+,18-16+/t27-,28-,29+,30+,33-,34-,35-,36-,41-,42-/m1/s1. The van der Waals surface area contributed by atoms with Gasteiger partial charge in [-0.2, -0.15) is 4.31 Å². The third-order valence-electron chi connectivity index (χ3n) is 11.6. The summed E-state index contributed by atoms with van der Waals surface area (Å²) in [5, 5.41) is 10.5. The average Bonchev–Trinajstić information content (AvgIpc) is 4.24. The highest BCUT2D eigenvalue weighted by Crippen LogP contribution is 2.61. The van der Waals surface area contributed by atoms with Gasteiger partial charge in [0.05, 0.1) is 25.9 Å². The van der Waals surface area contributed by atoms with Crippen LogP contribution in [0.25, 0.3) is 34.5 Å². The lowest BCUT2D eigenvalue weighted by Gasteiger charge is -2.22. The minimum absolute atomic E-state index is 0.123. The van der Waals surface area contributed by atoms with Crippen molar-refractivity contribution in [3.05, 3.63) is 109 Å². The molecule has 0 aliphatic carbocycles. The van der Waals surface area contributed by atoms with E-state index in [0.717, 1.165) is 11.1 Å². The third-order valence-corrected chi connectivity index (χ3v) is 14.2. The zero-order chi connectivity index (χ0) is 50.7. The molecule has 8 heterocycles. The molecule has 0 spiro atoms.